The quantitative estimate of drug-likeness (QED) is 0.242. The minimum atomic E-state index is -3.37. The third kappa shape index (κ3) is 7.24. The van der Waals surface area contributed by atoms with Crippen LogP contribution in [0.4, 0.5) is 0 Å². The molecule has 1 aliphatic heterocycles. The zero-order chi connectivity index (χ0) is 18.1. The predicted molar refractivity (Wildman–Crippen MR) is 117 cm³/mol. The van der Waals surface area contributed by atoms with Crippen molar-refractivity contribution in [1.29, 1.82) is 0 Å². The predicted octanol–water partition coefficient (Wildman–Crippen LogP) is 1.46. The second-order valence-electron chi connectivity index (χ2n) is 5.72. The molecule has 0 aromatic carbocycles. The number of sulfonamides is 1. The molecule has 0 unspecified atom stereocenters. The van der Waals surface area contributed by atoms with Gasteiger partial charge in [-0.05, 0) is 25.4 Å². The fourth-order valence-electron chi connectivity index (χ4n) is 2.59. The molecule has 0 bridgehead atoms. The Hall–Kier alpha value is -0.530. The van der Waals surface area contributed by atoms with Crippen LogP contribution >= 0.6 is 35.7 Å². The normalized spacial score (nSPS) is 16.4. The number of rotatable bonds is 8. The average molecular weight is 517 g/mol. The molecule has 0 amide bonds. The molecule has 0 aliphatic carbocycles. The molecule has 150 valence electrons. The third-order valence-corrected chi connectivity index (χ3v) is 6.37. The second-order valence-corrected chi connectivity index (χ2v) is 8.67. The summed E-state index contributed by atoms with van der Waals surface area (Å²) in [5.41, 5.74) is 0.436. The van der Waals surface area contributed by atoms with Crippen molar-refractivity contribution in [2.45, 2.75) is 19.1 Å². The minimum Gasteiger partial charge on any atom is -0.364 e. The summed E-state index contributed by atoms with van der Waals surface area (Å²) in [6, 6.07) is 1.58. The Morgan fingerprint density at radius 1 is 1.38 bits per heavy atom. The van der Waals surface area contributed by atoms with E-state index in [1.165, 1.54) is 10.6 Å². The second kappa shape index (κ2) is 12.0. The van der Waals surface area contributed by atoms with E-state index in [0.717, 1.165) is 31.2 Å². The molecule has 0 atom stereocenters. The molecule has 1 aromatic rings. The molecule has 0 saturated carbocycles. The Morgan fingerprint density at radius 2 is 2.12 bits per heavy atom. The molecule has 2 heterocycles. The number of thioether (sulfide) groups is 1. The van der Waals surface area contributed by atoms with Crippen LogP contribution in [0.15, 0.2) is 21.8 Å². The van der Waals surface area contributed by atoms with Gasteiger partial charge in [-0.3, -0.25) is 4.99 Å². The maximum absolute atomic E-state index is 12.5. The zero-order valence-electron chi connectivity index (χ0n) is 15.3. The first-order valence-electron chi connectivity index (χ1n) is 8.46. The van der Waals surface area contributed by atoms with Crippen molar-refractivity contribution < 1.29 is 12.9 Å². The highest BCUT2D eigenvalue weighted by atomic mass is 127. The summed E-state index contributed by atoms with van der Waals surface area (Å²) in [6.45, 7) is 5.79. The summed E-state index contributed by atoms with van der Waals surface area (Å²) in [7, 11) is -3.37. The van der Waals surface area contributed by atoms with E-state index < -0.39 is 10.0 Å². The Kier molecular flexibility index (Phi) is 10.9. The average Bonchev–Trinajstić information content (AvgIpc) is 3.10. The zero-order valence-corrected chi connectivity index (χ0v) is 19.2. The van der Waals surface area contributed by atoms with E-state index in [1.54, 1.807) is 6.07 Å². The highest BCUT2D eigenvalue weighted by molar-refractivity contribution is 14.0. The van der Waals surface area contributed by atoms with Crippen molar-refractivity contribution in [3.05, 3.63) is 18.0 Å². The van der Waals surface area contributed by atoms with E-state index in [9.17, 15) is 8.42 Å². The van der Waals surface area contributed by atoms with Gasteiger partial charge in [0.2, 0.25) is 10.0 Å². The van der Waals surface area contributed by atoms with E-state index in [2.05, 4.69) is 26.6 Å². The topological polar surface area (TPSA) is 91.0 Å². The van der Waals surface area contributed by atoms with Gasteiger partial charge in [0.1, 0.15) is 12.0 Å². The summed E-state index contributed by atoms with van der Waals surface area (Å²) in [5, 5.41) is 6.99. The van der Waals surface area contributed by atoms with Crippen molar-refractivity contribution in [2.24, 2.45) is 4.99 Å². The van der Waals surface area contributed by atoms with Crippen molar-refractivity contribution in [3.63, 3.8) is 0 Å². The van der Waals surface area contributed by atoms with Crippen LogP contribution in [0.3, 0.4) is 0 Å². The molecule has 2 rings (SSSR count). The molecule has 0 spiro atoms. The molecule has 8 nitrogen and oxygen atoms in total. The number of nitrogens with zero attached hydrogens (tertiary/aromatic N) is 4. The van der Waals surface area contributed by atoms with Crippen LogP contribution in [0.5, 0.6) is 0 Å². The lowest BCUT2D eigenvalue weighted by atomic mass is 10.4. The summed E-state index contributed by atoms with van der Waals surface area (Å²) < 4.78 is 31.2. The Balaban J connectivity index is 0.00000338. The van der Waals surface area contributed by atoms with Crippen LogP contribution in [0, 0.1) is 0 Å². The molecule has 26 heavy (non-hydrogen) atoms. The van der Waals surface area contributed by atoms with E-state index in [1.807, 2.05) is 18.7 Å². The standard InChI is InChI=1S/C15H27N5O3S2.HI/c1-3-16-15(17-6-4-12-24-2)19-7-9-20(10-8-19)25(21,22)13-14-5-11-23-18-14;/h5,11H,3-4,6-10,12-13H2,1-2H3,(H,16,17);1H. The number of aromatic nitrogens is 1. The van der Waals surface area contributed by atoms with Crippen LogP contribution in [0.25, 0.3) is 0 Å². The van der Waals surface area contributed by atoms with Gasteiger partial charge in [0.05, 0.1) is 5.69 Å². The lowest BCUT2D eigenvalue weighted by molar-refractivity contribution is 0.260. The van der Waals surface area contributed by atoms with Crippen LogP contribution in [0.2, 0.25) is 0 Å². The van der Waals surface area contributed by atoms with E-state index in [4.69, 9.17) is 4.52 Å². The number of halogens is 1. The Bertz CT molecular complexity index is 632. The Labute approximate surface area is 177 Å². The van der Waals surface area contributed by atoms with Crippen molar-refractivity contribution in [1.82, 2.24) is 19.7 Å². The smallest absolute Gasteiger partial charge is 0.220 e. The number of piperazine rings is 1. The molecule has 11 heteroatoms. The molecule has 1 N–H and O–H groups in total. The van der Waals surface area contributed by atoms with Gasteiger partial charge in [-0.2, -0.15) is 16.1 Å². The molecule has 1 aliphatic rings. The van der Waals surface area contributed by atoms with Crippen LogP contribution < -0.4 is 5.32 Å². The summed E-state index contributed by atoms with van der Waals surface area (Å²) >= 11 is 1.82. The fraction of sp³-hybridized carbons (Fsp3) is 0.733. The van der Waals surface area contributed by atoms with Crippen molar-refractivity contribution >= 4 is 51.7 Å². The van der Waals surface area contributed by atoms with Gasteiger partial charge in [-0.15, -0.1) is 24.0 Å². The third-order valence-electron chi connectivity index (χ3n) is 3.86. The van der Waals surface area contributed by atoms with Crippen LogP contribution in [0.1, 0.15) is 19.0 Å². The maximum Gasteiger partial charge on any atom is 0.220 e. The molecule has 1 aromatic heterocycles. The van der Waals surface area contributed by atoms with Crippen molar-refractivity contribution in [2.75, 3.05) is 51.3 Å². The summed E-state index contributed by atoms with van der Waals surface area (Å²) in [5.74, 6) is 1.85. The molecule has 1 saturated heterocycles. The SMILES string of the molecule is CCNC(=NCCCSC)N1CCN(S(=O)(=O)Cc2ccon2)CC1.I. The fourth-order valence-corrected chi connectivity index (χ4v) is 4.43. The minimum absolute atomic E-state index is 0. The van der Waals surface area contributed by atoms with E-state index in [0.29, 0.717) is 31.9 Å². The largest absolute Gasteiger partial charge is 0.364 e. The van der Waals surface area contributed by atoms with E-state index in [-0.39, 0.29) is 29.7 Å². The number of hydrogen-bond acceptors (Lipinski definition) is 6. The highest BCUT2D eigenvalue weighted by Gasteiger charge is 2.28. The van der Waals surface area contributed by atoms with Crippen LogP contribution in [-0.4, -0.2) is 80.0 Å². The lowest BCUT2D eigenvalue weighted by Gasteiger charge is -2.35. The Morgan fingerprint density at radius 3 is 2.69 bits per heavy atom. The maximum atomic E-state index is 12.5. The highest BCUT2D eigenvalue weighted by Crippen LogP contribution is 2.13. The van der Waals surface area contributed by atoms with Gasteiger partial charge in [0, 0.05) is 45.3 Å². The first kappa shape index (κ1) is 23.5. The molecular weight excluding hydrogens is 489 g/mol. The van der Waals surface area contributed by atoms with Gasteiger partial charge >= 0.3 is 0 Å². The van der Waals surface area contributed by atoms with Gasteiger partial charge in [0.15, 0.2) is 5.96 Å². The molecule has 0 radical (unpaired) electrons. The molecule has 1 fully saturated rings. The van der Waals surface area contributed by atoms with E-state index >= 15 is 0 Å². The number of nitrogens with one attached hydrogen (secondary N) is 1. The lowest BCUT2D eigenvalue weighted by Crippen LogP contribution is -2.53. The van der Waals surface area contributed by atoms with Crippen LogP contribution in [-0.2, 0) is 15.8 Å². The molecular formula is C15H28IN5O3S2. The first-order valence-corrected chi connectivity index (χ1v) is 11.5. The summed E-state index contributed by atoms with van der Waals surface area (Å²) in [6.07, 6.45) is 4.52. The number of aliphatic imine (C=N–C) groups is 1. The van der Waals surface area contributed by atoms with Crippen molar-refractivity contribution in [3.8, 4) is 0 Å². The van der Waals surface area contributed by atoms with Gasteiger partial charge in [-0.25, -0.2) is 8.42 Å². The number of hydrogen-bond donors (Lipinski definition) is 1. The van der Waals surface area contributed by atoms with Gasteiger partial charge in [0.25, 0.3) is 0 Å². The number of guanidine groups is 1. The van der Waals surface area contributed by atoms with Gasteiger partial charge < -0.3 is 14.7 Å². The summed E-state index contributed by atoms with van der Waals surface area (Å²) in [4.78, 5) is 6.78. The monoisotopic (exact) mass is 517 g/mol. The van der Waals surface area contributed by atoms with Gasteiger partial charge in [-0.1, -0.05) is 5.16 Å². The first-order chi connectivity index (χ1) is 12.1.